The van der Waals surface area contributed by atoms with Crippen LogP contribution in [0.5, 0.6) is 0 Å². The predicted octanol–water partition coefficient (Wildman–Crippen LogP) is 2.23. The molecule has 0 aliphatic heterocycles. The molecule has 10 nitrogen and oxygen atoms in total. The first-order chi connectivity index (χ1) is 14.3. The predicted molar refractivity (Wildman–Crippen MR) is 109 cm³/mol. The van der Waals surface area contributed by atoms with Crippen LogP contribution in [0.25, 0.3) is 0 Å². The van der Waals surface area contributed by atoms with Gasteiger partial charge in [0.05, 0.1) is 0 Å². The Kier molecular flexibility index (Phi) is 15.2. The third-order valence-electron chi connectivity index (χ3n) is 3.51. The zero-order chi connectivity index (χ0) is 22.8. The molecule has 0 saturated heterocycles. The summed E-state index contributed by atoms with van der Waals surface area (Å²) in [6.45, 7) is 10.6. The summed E-state index contributed by atoms with van der Waals surface area (Å²) in [4.78, 5) is 45.0. The molecule has 2 N–H and O–H groups in total. The molecule has 2 amide bonds. The number of carbonyl (C=O) groups excluding carboxylic acids is 4. The molecule has 0 aromatic rings. The molecule has 0 aliphatic rings. The second-order valence-electron chi connectivity index (χ2n) is 6.37. The highest BCUT2D eigenvalue weighted by atomic mass is 16.6. The largest absolute Gasteiger partial charge is 0.459 e. The van der Waals surface area contributed by atoms with Gasteiger partial charge in [-0.3, -0.25) is 0 Å². The molecule has 2 atom stereocenters. The first-order valence-electron chi connectivity index (χ1n) is 9.75. The Morgan fingerprint density at radius 2 is 1.10 bits per heavy atom. The number of esters is 2. The lowest BCUT2D eigenvalue weighted by Crippen LogP contribution is -2.31. The number of alkyl carbamates (subject to hydrolysis) is 2. The van der Waals surface area contributed by atoms with E-state index in [0.717, 1.165) is 37.8 Å². The molecular formula is C20H32N2O8. The van der Waals surface area contributed by atoms with Crippen LogP contribution in [0.3, 0.4) is 0 Å². The quantitative estimate of drug-likeness (QED) is 0.176. The van der Waals surface area contributed by atoms with E-state index in [1.54, 1.807) is 13.8 Å². The molecule has 0 spiro atoms. The van der Waals surface area contributed by atoms with E-state index in [-0.39, 0.29) is 13.2 Å². The van der Waals surface area contributed by atoms with Crippen molar-refractivity contribution in [2.45, 2.75) is 51.7 Å². The van der Waals surface area contributed by atoms with Gasteiger partial charge in [0, 0.05) is 25.2 Å². The van der Waals surface area contributed by atoms with Crippen molar-refractivity contribution in [3.05, 3.63) is 25.3 Å². The summed E-state index contributed by atoms with van der Waals surface area (Å²) in [5.41, 5.74) is 0. The maximum atomic E-state index is 11.6. The summed E-state index contributed by atoms with van der Waals surface area (Å²) < 4.78 is 19.6. The normalized spacial score (nSPS) is 11.9. The number of hydrogen-bond acceptors (Lipinski definition) is 8. The van der Waals surface area contributed by atoms with Crippen LogP contribution in [-0.2, 0) is 28.5 Å². The Labute approximate surface area is 176 Å². The van der Waals surface area contributed by atoms with E-state index in [0.29, 0.717) is 13.1 Å². The maximum Gasteiger partial charge on any atom is 0.407 e. The van der Waals surface area contributed by atoms with Crippen LogP contribution in [0.2, 0.25) is 0 Å². The van der Waals surface area contributed by atoms with E-state index in [1.165, 1.54) is 0 Å². The van der Waals surface area contributed by atoms with Gasteiger partial charge in [-0.2, -0.15) is 0 Å². The number of hydrogen-bond donors (Lipinski definition) is 2. The van der Waals surface area contributed by atoms with Gasteiger partial charge in [0.1, 0.15) is 25.4 Å². The van der Waals surface area contributed by atoms with Crippen molar-refractivity contribution >= 4 is 24.1 Å². The molecule has 2 unspecified atom stereocenters. The molecule has 0 saturated carbocycles. The Balaban J connectivity index is 3.60. The van der Waals surface area contributed by atoms with Crippen LogP contribution in [0.4, 0.5) is 9.59 Å². The lowest BCUT2D eigenvalue weighted by molar-refractivity contribution is -0.141. The first kappa shape index (κ1) is 27.0. The van der Waals surface area contributed by atoms with E-state index in [1.807, 2.05) is 0 Å². The minimum absolute atomic E-state index is 0.0353. The molecule has 170 valence electrons. The number of carbonyl (C=O) groups is 4. The van der Waals surface area contributed by atoms with Crippen molar-refractivity contribution in [1.29, 1.82) is 0 Å². The topological polar surface area (TPSA) is 129 Å². The van der Waals surface area contributed by atoms with E-state index >= 15 is 0 Å². The van der Waals surface area contributed by atoms with Gasteiger partial charge in [0.25, 0.3) is 0 Å². The Hall–Kier alpha value is -3.04. The second kappa shape index (κ2) is 16.9. The SMILES string of the molecule is C=CC(=O)OCC(C)OC(=O)NCCCCCCNC(=O)OC(C)COC(=O)C=C. The molecule has 0 aliphatic carbocycles. The third-order valence-corrected chi connectivity index (χ3v) is 3.51. The van der Waals surface area contributed by atoms with Crippen LogP contribution in [0.15, 0.2) is 25.3 Å². The standard InChI is InChI=1S/C20H32N2O8/c1-5-17(23)27-13-15(3)29-19(25)21-11-9-7-8-10-12-22-20(26)30-16(4)14-28-18(24)6-2/h5-6,15-16H,1-2,7-14H2,3-4H3,(H,21,25)(H,22,26). The van der Waals surface area contributed by atoms with Crippen LogP contribution in [0, 0.1) is 0 Å². The number of rotatable bonds is 15. The fraction of sp³-hybridized carbons (Fsp3) is 0.600. The van der Waals surface area contributed by atoms with Gasteiger partial charge in [0.15, 0.2) is 0 Å². The van der Waals surface area contributed by atoms with Gasteiger partial charge in [-0.25, -0.2) is 19.2 Å². The molecular weight excluding hydrogens is 396 g/mol. The smallest absolute Gasteiger partial charge is 0.407 e. The van der Waals surface area contributed by atoms with Gasteiger partial charge in [-0.15, -0.1) is 0 Å². The van der Waals surface area contributed by atoms with Gasteiger partial charge < -0.3 is 29.6 Å². The van der Waals surface area contributed by atoms with Gasteiger partial charge in [-0.05, 0) is 26.7 Å². The summed E-state index contributed by atoms with van der Waals surface area (Å²) in [6.07, 6.45) is 3.04. The first-order valence-corrected chi connectivity index (χ1v) is 9.75. The number of amides is 2. The van der Waals surface area contributed by atoms with Crippen LogP contribution < -0.4 is 10.6 Å². The van der Waals surface area contributed by atoms with Crippen LogP contribution in [-0.4, -0.2) is 62.6 Å². The van der Waals surface area contributed by atoms with Crippen molar-refractivity contribution in [3.8, 4) is 0 Å². The van der Waals surface area contributed by atoms with E-state index in [9.17, 15) is 19.2 Å². The number of ether oxygens (including phenoxy) is 4. The lowest BCUT2D eigenvalue weighted by atomic mass is 10.2. The van der Waals surface area contributed by atoms with Crippen molar-refractivity contribution in [2.24, 2.45) is 0 Å². The van der Waals surface area contributed by atoms with Crippen LogP contribution in [0.1, 0.15) is 39.5 Å². The summed E-state index contributed by atoms with van der Waals surface area (Å²) >= 11 is 0. The minimum Gasteiger partial charge on any atom is -0.459 e. The van der Waals surface area contributed by atoms with Gasteiger partial charge >= 0.3 is 24.1 Å². The zero-order valence-electron chi connectivity index (χ0n) is 17.6. The lowest BCUT2D eigenvalue weighted by Gasteiger charge is -2.14. The van der Waals surface area contributed by atoms with Crippen molar-refractivity contribution in [1.82, 2.24) is 10.6 Å². The molecule has 0 bridgehead atoms. The van der Waals surface area contributed by atoms with Crippen LogP contribution >= 0.6 is 0 Å². The molecule has 0 aromatic heterocycles. The minimum atomic E-state index is -0.575. The third kappa shape index (κ3) is 16.0. The molecule has 0 aromatic carbocycles. The maximum absolute atomic E-state index is 11.6. The Morgan fingerprint density at radius 3 is 1.43 bits per heavy atom. The average Bonchev–Trinajstić information content (AvgIpc) is 2.71. The highest BCUT2D eigenvalue weighted by molar-refractivity contribution is 5.81. The fourth-order valence-electron chi connectivity index (χ4n) is 2.02. The molecule has 30 heavy (non-hydrogen) atoms. The molecule has 0 heterocycles. The summed E-state index contributed by atoms with van der Waals surface area (Å²) in [6, 6.07) is 0. The second-order valence-corrected chi connectivity index (χ2v) is 6.37. The fourth-order valence-corrected chi connectivity index (χ4v) is 2.02. The highest BCUT2D eigenvalue weighted by Gasteiger charge is 2.11. The number of unbranched alkanes of at least 4 members (excludes halogenated alkanes) is 3. The molecule has 0 rings (SSSR count). The van der Waals surface area contributed by atoms with Crippen molar-refractivity contribution < 1.29 is 38.1 Å². The Bertz CT molecular complexity index is 529. The molecule has 0 radical (unpaired) electrons. The van der Waals surface area contributed by atoms with E-state index < -0.39 is 36.3 Å². The van der Waals surface area contributed by atoms with E-state index in [2.05, 4.69) is 23.8 Å². The van der Waals surface area contributed by atoms with E-state index in [4.69, 9.17) is 18.9 Å². The van der Waals surface area contributed by atoms with Crippen molar-refractivity contribution in [3.63, 3.8) is 0 Å². The summed E-state index contributed by atoms with van der Waals surface area (Å²) in [5.74, 6) is -1.14. The van der Waals surface area contributed by atoms with Gasteiger partial charge in [-0.1, -0.05) is 26.0 Å². The average molecular weight is 428 g/mol. The van der Waals surface area contributed by atoms with Gasteiger partial charge in [0.2, 0.25) is 0 Å². The zero-order valence-corrected chi connectivity index (χ0v) is 17.6. The summed E-state index contributed by atoms with van der Waals surface area (Å²) in [7, 11) is 0. The number of nitrogens with one attached hydrogen (secondary N) is 2. The Morgan fingerprint density at radius 1 is 0.733 bits per heavy atom. The monoisotopic (exact) mass is 428 g/mol. The van der Waals surface area contributed by atoms with Crippen molar-refractivity contribution in [2.75, 3.05) is 26.3 Å². The summed E-state index contributed by atoms with van der Waals surface area (Å²) in [5, 5.41) is 5.23. The molecule has 0 fully saturated rings. The highest BCUT2D eigenvalue weighted by Crippen LogP contribution is 2.00. The molecule has 10 heteroatoms.